The van der Waals surface area contributed by atoms with Crippen LogP contribution in [0.3, 0.4) is 0 Å². The SMILES string of the molecule is CCOc1cc(CN[C@H](C)CC)cc(Br)c1OCC. The predicted molar refractivity (Wildman–Crippen MR) is 83.1 cm³/mol. The fourth-order valence-electron chi connectivity index (χ4n) is 1.71. The van der Waals surface area contributed by atoms with Crippen molar-refractivity contribution in [2.75, 3.05) is 13.2 Å². The van der Waals surface area contributed by atoms with E-state index in [1.165, 1.54) is 5.56 Å². The van der Waals surface area contributed by atoms with Crippen LogP contribution in [0.1, 0.15) is 39.7 Å². The fraction of sp³-hybridized carbons (Fsp3) is 0.600. The van der Waals surface area contributed by atoms with Gasteiger partial charge >= 0.3 is 0 Å². The standard InChI is InChI=1S/C15H24BrNO2/c1-5-11(4)17-10-12-8-13(16)15(19-7-3)14(9-12)18-6-2/h8-9,11,17H,5-7,10H2,1-4H3/t11-/m1/s1. The van der Waals surface area contributed by atoms with Gasteiger partial charge in [-0.3, -0.25) is 0 Å². The molecule has 3 nitrogen and oxygen atoms in total. The lowest BCUT2D eigenvalue weighted by Gasteiger charge is -2.16. The normalized spacial score (nSPS) is 12.3. The van der Waals surface area contributed by atoms with E-state index >= 15 is 0 Å². The van der Waals surface area contributed by atoms with Crippen LogP contribution >= 0.6 is 15.9 Å². The zero-order valence-corrected chi connectivity index (χ0v) is 13.8. The minimum absolute atomic E-state index is 0.515. The number of ether oxygens (including phenoxy) is 2. The Morgan fingerprint density at radius 2 is 1.84 bits per heavy atom. The summed E-state index contributed by atoms with van der Waals surface area (Å²) in [7, 11) is 0. The van der Waals surface area contributed by atoms with Gasteiger partial charge in [-0.05, 0) is 60.8 Å². The Labute approximate surface area is 124 Å². The first kappa shape index (κ1) is 16.3. The van der Waals surface area contributed by atoms with E-state index in [1.54, 1.807) is 0 Å². The molecular weight excluding hydrogens is 306 g/mol. The number of rotatable bonds is 8. The predicted octanol–water partition coefficient (Wildman–Crippen LogP) is 4.13. The first-order valence-electron chi connectivity index (χ1n) is 6.93. The molecule has 0 radical (unpaired) electrons. The van der Waals surface area contributed by atoms with E-state index < -0.39 is 0 Å². The van der Waals surface area contributed by atoms with Crippen LogP contribution in [0.2, 0.25) is 0 Å². The molecule has 1 atom stereocenters. The Kier molecular flexibility index (Phi) is 7.24. The lowest BCUT2D eigenvalue weighted by Crippen LogP contribution is -2.24. The van der Waals surface area contributed by atoms with E-state index in [4.69, 9.17) is 9.47 Å². The summed E-state index contributed by atoms with van der Waals surface area (Å²) in [6.07, 6.45) is 1.12. The molecule has 0 heterocycles. The van der Waals surface area contributed by atoms with Crippen LogP contribution in [-0.2, 0) is 6.54 Å². The van der Waals surface area contributed by atoms with E-state index in [0.717, 1.165) is 28.9 Å². The second-order valence-corrected chi connectivity index (χ2v) is 5.32. The van der Waals surface area contributed by atoms with Gasteiger partial charge in [0.25, 0.3) is 0 Å². The summed E-state index contributed by atoms with van der Waals surface area (Å²) in [5.74, 6) is 1.59. The zero-order valence-electron chi connectivity index (χ0n) is 12.3. The van der Waals surface area contributed by atoms with E-state index in [9.17, 15) is 0 Å². The molecule has 1 aromatic rings. The molecule has 0 aliphatic carbocycles. The summed E-state index contributed by atoms with van der Waals surface area (Å²) in [6, 6.07) is 4.65. The van der Waals surface area contributed by atoms with Gasteiger partial charge in [-0.25, -0.2) is 0 Å². The molecule has 0 saturated carbocycles. The van der Waals surface area contributed by atoms with E-state index in [0.29, 0.717) is 19.3 Å². The minimum atomic E-state index is 0.515. The molecule has 0 fully saturated rings. The van der Waals surface area contributed by atoms with Crippen LogP contribution in [0.15, 0.2) is 16.6 Å². The maximum absolute atomic E-state index is 5.66. The van der Waals surface area contributed by atoms with Gasteiger partial charge in [-0.2, -0.15) is 0 Å². The van der Waals surface area contributed by atoms with Crippen LogP contribution < -0.4 is 14.8 Å². The first-order chi connectivity index (χ1) is 9.12. The Morgan fingerprint density at radius 1 is 1.16 bits per heavy atom. The molecular formula is C15H24BrNO2. The monoisotopic (exact) mass is 329 g/mol. The highest BCUT2D eigenvalue weighted by molar-refractivity contribution is 9.10. The van der Waals surface area contributed by atoms with E-state index in [-0.39, 0.29) is 0 Å². The van der Waals surface area contributed by atoms with Crippen LogP contribution in [0, 0.1) is 0 Å². The van der Waals surface area contributed by atoms with Gasteiger partial charge in [0.05, 0.1) is 17.7 Å². The third-order valence-electron chi connectivity index (χ3n) is 2.92. The third-order valence-corrected chi connectivity index (χ3v) is 3.51. The van der Waals surface area contributed by atoms with Crippen molar-refractivity contribution in [2.45, 2.75) is 46.7 Å². The van der Waals surface area contributed by atoms with Crippen LogP contribution in [0.25, 0.3) is 0 Å². The Morgan fingerprint density at radius 3 is 2.42 bits per heavy atom. The lowest BCUT2D eigenvalue weighted by molar-refractivity contribution is 0.286. The summed E-state index contributed by atoms with van der Waals surface area (Å²) < 4.78 is 12.2. The highest BCUT2D eigenvalue weighted by Gasteiger charge is 2.12. The Bertz CT molecular complexity index is 396. The van der Waals surface area contributed by atoms with Crippen molar-refractivity contribution in [3.63, 3.8) is 0 Å². The Balaban J connectivity index is 2.89. The molecule has 1 rings (SSSR count). The van der Waals surface area contributed by atoms with Crippen LogP contribution in [0.4, 0.5) is 0 Å². The number of nitrogens with one attached hydrogen (secondary N) is 1. The minimum Gasteiger partial charge on any atom is -0.490 e. The molecule has 0 unspecified atom stereocenters. The van der Waals surface area contributed by atoms with Crippen molar-refractivity contribution in [1.29, 1.82) is 0 Å². The molecule has 0 saturated heterocycles. The lowest BCUT2D eigenvalue weighted by atomic mass is 10.1. The van der Waals surface area contributed by atoms with Gasteiger partial charge in [0.1, 0.15) is 0 Å². The van der Waals surface area contributed by atoms with Gasteiger partial charge in [0.15, 0.2) is 11.5 Å². The molecule has 1 aromatic carbocycles. The fourth-order valence-corrected chi connectivity index (χ4v) is 2.31. The maximum Gasteiger partial charge on any atom is 0.175 e. The number of halogens is 1. The molecule has 0 aromatic heterocycles. The summed E-state index contributed by atoms with van der Waals surface area (Å²) in [5.41, 5.74) is 1.19. The summed E-state index contributed by atoms with van der Waals surface area (Å²) in [5, 5.41) is 3.48. The maximum atomic E-state index is 5.66. The van der Waals surface area contributed by atoms with Crippen molar-refractivity contribution in [2.24, 2.45) is 0 Å². The van der Waals surface area contributed by atoms with Crippen molar-refractivity contribution in [1.82, 2.24) is 5.32 Å². The second kappa shape index (κ2) is 8.43. The van der Waals surface area contributed by atoms with Gasteiger partial charge in [0.2, 0.25) is 0 Å². The van der Waals surface area contributed by atoms with Crippen LogP contribution in [-0.4, -0.2) is 19.3 Å². The van der Waals surface area contributed by atoms with Gasteiger partial charge in [-0.1, -0.05) is 6.92 Å². The largest absolute Gasteiger partial charge is 0.490 e. The quantitative estimate of drug-likeness (QED) is 0.777. The van der Waals surface area contributed by atoms with Gasteiger partial charge in [0, 0.05) is 12.6 Å². The molecule has 0 aliphatic heterocycles. The molecule has 0 amide bonds. The summed E-state index contributed by atoms with van der Waals surface area (Å²) in [6.45, 7) is 10.4. The number of hydrogen-bond acceptors (Lipinski definition) is 3. The highest BCUT2D eigenvalue weighted by atomic mass is 79.9. The zero-order chi connectivity index (χ0) is 14.3. The third kappa shape index (κ3) is 5.03. The van der Waals surface area contributed by atoms with E-state index in [2.05, 4.69) is 47.2 Å². The number of hydrogen-bond donors (Lipinski definition) is 1. The molecule has 1 N–H and O–H groups in total. The number of benzene rings is 1. The van der Waals surface area contributed by atoms with Crippen molar-refractivity contribution in [3.05, 3.63) is 22.2 Å². The molecule has 108 valence electrons. The molecule has 0 aliphatic rings. The second-order valence-electron chi connectivity index (χ2n) is 4.46. The molecule has 0 bridgehead atoms. The van der Waals surface area contributed by atoms with Gasteiger partial charge in [-0.15, -0.1) is 0 Å². The summed E-state index contributed by atoms with van der Waals surface area (Å²) in [4.78, 5) is 0. The van der Waals surface area contributed by atoms with Crippen molar-refractivity contribution in [3.8, 4) is 11.5 Å². The van der Waals surface area contributed by atoms with Crippen molar-refractivity contribution >= 4 is 15.9 Å². The van der Waals surface area contributed by atoms with Crippen molar-refractivity contribution < 1.29 is 9.47 Å². The molecule has 0 spiro atoms. The van der Waals surface area contributed by atoms with E-state index in [1.807, 2.05) is 13.8 Å². The summed E-state index contributed by atoms with van der Waals surface area (Å²) >= 11 is 3.56. The Hall–Kier alpha value is -0.740. The topological polar surface area (TPSA) is 30.5 Å². The molecule has 19 heavy (non-hydrogen) atoms. The highest BCUT2D eigenvalue weighted by Crippen LogP contribution is 2.36. The average molecular weight is 330 g/mol. The molecule has 4 heteroatoms. The van der Waals surface area contributed by atoms with Gasteiger partial charge < -0.3 is 14.8 Å². The smallest absolute Gasteiger partial charge is 0.175 e. The first-order valence-corrected chi connectivity index (χ1v) is 7.72. The van der Waals surface area contributed by atoms with Crippen LogP contribution in [0.5, 0.6) is 11.5 Å². The average Bonchev–Trinajstić information content (AvgIpc) is 2.40.